The molecule has 14 heavy (non-hydrogen) atoms. The highest BCUT2D eigenvalue weighted by Gasteiger charge is 2.27. The van der Waals surface area contributed by atoms with Crippen LogP contribution >= 0.6 is 0 Å². The summed E-state index contributed by atoms with van der Waals surface area (Å²) in [6, 6.07) is 0.129. The molecule has 1 rings (SSSR count). The second kappa shape index (κ2) is 5.81. The Bertz CT molecular complexity index is 213. The summed E-state index contributed by atoms with van der Waals surface area (Å²) >= 11 is 0. The summed E-state index contributed by atoms with van der Waals surface area (Å²) in [5, 5.41) is 12.3. The fraction of sp³-hybridized carbons (Fsp3) is 0.727. The minimum absolute atomic E-state index is 0.129. The molecule has 0 heterocycles. The maximum Gasteiger partial charge on any atom is 0.308 e. The lowest BCUT2D eigenvalue weighted by atomic mass is 9.89. The lowest BCUT2D eigenvalue weighted by molar-refractivity contribution is -0.142. The molecule has 80 valence electrons. The minimum Gasteiger partial charge on any atom is -0.481 e. The van der Waals surface area contributed by atoms with Gasteiger partial charge in [-0.3, -0.25) is 4.79 Å². The van der Waals surface area contributed by atoms with Gasteiger partial charge in [0.15, 0.2) is 0 Å². The number of carboxylic acid groups (broad SMARTS) is 1. The van der Waals surface area contributed by atoms with Crippen LogP contribution in [0, 0.1) is 5.92 Å². The van der Waals surface area contributed by atoms with E-state index in [1.165, 1.54) is 0 Å². The largest absolute Gasteiger partial charge is 0.481 e. The van der Waals surface area contributed by atoms with Crippen LogP contribution < -0.4 is 5.32 Å². The highest BCUT2D eigenvalue weighted by atomic mass is 16.4. The molecule has 0 saturated carbocycles. The monoisotopic (exact) mass is 197 g/mol. The van der Waals surface area contributed by atoms with Gasteiger partial charge in [-0.2, -0.15) is 0 Å². The predicted octanol–water partition coefficient (Wildman–Crippen LogP) is 1.80. The Hall–Kier alpha value is -0.830. The summed E-state index contributed by atoms with van der Waals surface area (Å²) in [7, 11) is 0. The first-order chi connectivity index (χ1) is 6.75. The van der Waals surface area contributed by atoms with Gasteiger partial charge in [-0.15, -0.1) is 0 Å². The molecule has 2 atom stereocenters. The van der Waals surface area contributed by atoms with E-state index in [9.17, 15) is 4.79 Å². The SMILES string of the molecule is CCCCNC1CC=CCC1C(=O)O. The normalized spacial score (nSPS) is 26.4. The third-order valence-electron chi connectivity index (χ3n) is 2.69. The molecule has 0 aromatic rings. The van der Waals surface area contributed by atoms with Gasteiger partial charge in [-0.1, -0.05) is 25.5 Å². The Morgan fingerprint density at radius 1 is 1.50 bits per heavy atom. The molecule has 3 heteroatoms. The van der Waals surface area contributed by atoms with Crippen molar-refractivity contribution in [2.75, 3.05) is 6.54 Å². The van der Waals surface area contributed by atoms with Gasteiger partial charge in [0.25, 0.3) is 0 Å². The van der Waals surface area contributed by atoms with Crippen molar-refractivity contribution < 1.29 is 9.90 Å². The van der Waals surface area contributed by atoms with Crippen LogP contribution in [0.2, 0.25) is 0 Å². The number of aliphatic carboxylic acids is 1. The van der Waals surface area contributed by atoms with Crippen LogP contribution in [0.5, 0.6) is 0 Å². The van der Waals surface area contributed by atoms with Crippen molar-refractivity contribution in [1.29, 1.82) is 0 Å². The average molecular weight is 197 g/mol. The topological polar surface area (TPSA) is 49.3 Å². The molecule has 2 N–H and O–H groups in total. The lowest BCUT2D eigenvalue weighted by Crippen LogP contribution is -2.41. The Labute approximate surface area is 85.2 Å². The summed E-state index contributed by atoms with van der Waals surface area (Å²) in [4.78, 5) is 10.9. The zero-order valence-corrected chi connectivity index (χ0v) is 8.70. The zero-order valence-electron chi connectivity index (χ0n) is 8.70. The second-order valence-corrected chi connectivity index (χ2v) is 3.80. The Kier molecular flexibility index (Phi) is 4.66. The lowest BCUT2D eigenvalue weighted by Gasteiger charge is -2.26. The molecule has 0 radical (unpaired) electrons. The molecule has 1 aliphatic rings. The highest BCUT2D eigenvalue weighted by Crippen LogP contribution is 2.19. The van der Waals surface area contributed by atoms with Crippen LogP contribution in [0.4, 0.5) is 0 Å². The third-order valence-corrected chi connectivity index (χ3v) is 2.69. The minimum atomic E-state index is -0.677. The molecule has 3 nitrogen and oxygen atoms in total. The maximum atomic E-state index is 10.9. The number of hydrogen-bond acceptors (Lipinski definition) is 2. The van der Waals surface area contributed by atoms with Crippen molar-refractivity contribution in [3.05, 3.63) is 12.2 Å². The Morgan fingerprint density at radius 2 is 2.21 bits per heavy atom. The highest BCUT2D eigenvalue weighted by molar-refractivity contribution is 5.71. The first-order valence-corrected chi connectivity index (χ1v) is 5.37. The van der Waals surface area contributed by atoms with Gasteiger partial charge in [-0.05, 0) is 25.8 Å². The van der Waals surface area contributed by atoms with Crippen LogP contribution in [0.15, 0.2) is 12.2 Å². The van der Waals surface area contributed by atoms with E-state index in [0.29, 0.717) is 6.42 Å². The number of rotatable bonds is 5. The molecule has 2 unspecified atom stereocenters. The molecule has 0 bridgehead atoms. The standard InChI is InChI=1S/C11H19NO2/c1-2-3-8-12-10-7-5-4-6-9(10)11(13)14/h4-5,9-10,12H,2-3,6-8H2,1H3,(H,13,14). The number of unbranched alkanes of at least 4 members (excludes halogenated alkanes) is 1. The molecule has 0 saturated heterocycles. The van der Waals surface area contributed by atoms with Crippen molar-refractivity contribution >= 4 is 5.97 Å². The van der Waals surface area contributed by atoms with Crippen molar-refractivity contribution in [1.82, 2.24) is 5.32 Å². The maximum absolute atomic E-state index is 10.9. The van der Waals surface area contributed by atoms with Crippen LogP contribution in [0.1, 0.15) is 32.6 Å². The summed E-state index contributed by atoms with van der Waals surface area (Å²) in [6.07, 6.45) is 7.82. The zero-order chi connectivity index (χ0) is 10.4. The van der Waals surface area contributed by atoms with Gasteiger partial charge in [0, 0.05) is 6.04 Å². The third kappa shape index (κ3) is 3.14. The van der Waals surface area contributed by atoms with Gasteiger partial charge < -0.3 is 10.4 Å². The predicted molar refractivity (Wildman–Crippen MR) is 56.2 cm³/mol. The first-order valence-electron chi connectivity index (χ1n) is 5.37. The van der Waals surface area contributed by atoms with Crippen LogP contribution in [-0.2, 0) is 4.79 Å². The van der Waals surface area contributed by atoms with Crippen LogP contribution in [0.3, 0.4) is 0 Å². The second-order valence-electron chi connectivity index (χ2n) is 3.80. The number of hydrogen-bond donors (Lipinski definition) is 2. The van der Waals surface area contributed by atoms with E-state index in [1.54, 1.807) is 0 Å². The van der Waals surface area contributed by atoms with Crippen LogP contribution in [-0.4, -0.2) is 23.7 Å². The van der Waals surface area contributed by atoms with E-state index in [0.717, 1.165) is 25.8 Å². The van der Waals surface area contributed by atoms with Gasteiger partial charge >= 0.3 is 5.97 Å². The summed E-state index contributed by atoms with van der Waals surface area (Å²) in [5.41, 5.74) is 0. The van der Waals surface area contributed by atoms with Crippen molar-refractivity contribution in [2.45, 2.75) is 38.6 Å². The molecule has 1 aliphatic carbocycles. The van der Waals surface area contributed by atoms with Crippen molar-refractivity contribution in [3.8, 4) is 0 Å². The van der Waals surface area contributed by atoms with Crippen molar-refractivity contribution in [3.63, 3.8) is 0 Å². The molecule has 0 aromatic heterocycles. The molecular weight excluding hydrogens is 178 g/mol. The quantitative estimate of drug-likeness (QED) is 0.522. The van der Waals surface area contributed by atoms with E-state index in [1.807, 2.05) is 6.08 Å². The van der Waals surface area contributed by atoms with Gasteiger partial charge in [0.1, 0.15) is 0 Å². The Balaban J connectivity index is 2.39. The summed E-state index contributed by atoms with van der Waals surface area (Å²) in [6.45, 7) is 3.07. The van der Waals surface area contributed by atoms with E-state index < -0.39 is 5.97 Å². The van der Waals surface area contributed by atoms with E-state index in [2.05, 4.69) is 18.3 Å². The fourth-order valence-corrected chi connectivity index (χ4v) is 1.78. The van der Waals surface area contributed by atoms with Crippen LogP contribution in [0.25, 0.3) is 0 Å². The molecule has 0 amide bonds. The van der Waals surface area contributed by atoms with Gasteiger partial charge in [0.05, 0.1) is 5.92 Å². The van der Waals surface area contributed by atoms with E-state index in [4.69, 9.17) is 5.11 Å². The number of nitrogens with one attached hydrogen (secondary N) is 1. The van der Waals surface area contributed by atoms with Gasteiger partial charge in [-0.25, -0.2) is 0 Å². The number of carboxylic acids is 1. The molecule has 0 aromatic carbocycles. The van der Waals surface area contributed by atoms with E-state index >= 15 is 0 Å². The average Bonchev–Trinajstić information content (AvgIpc) is 2.19. The summed E-state index contributed by atoms with van der Waals surface area (Å²) in [5.74, 6) is -0.916. The van der Waals surface area contributed by atoms with E-state index in [-0.39, 0.29) is 12.0 Å². The fourth-order valence-electron chi connectivity index (χ4n) is 1.78. The number of carbonyl (C=O) groups is 1. The molecule has 0 aliphatic heterocycles. The molecule has 0 fully saturated rings. The van der Waals surface area contributed by atoms with Gasteiger partial charge in [0.2, 0.25) is 0 Å². The first kappa shape index (κ1) is 11.2. The Morgan fingerprint density at radius 3 is 2.86 bits per heavy atom. The molecule has 0 spiro atoms. The van der Waals surface area contributed by atoms with Crippen molar-refractivity contribution in [2.24, 2.45) is 5.92 Å². The smallest absolute Gasteiger partial charge is 0.308 e. The molecular formula is C11H19NO2. The summed E-state index contributed by atoms with van der Waals surface area (Å²) < 4.78 is 0. The number of allylic oxidation sites excluding steroid dienone is 1.